The number of hydrogen-bond donors (Lipinski definition) is 1. The van der Waals surface area contributed by atoms with Crippen molar-refractivity contribution in [3.63, 3.8) is 0 Å². The Morgan fingerprint density at radius 1 is 1.38 bits per heavy atom. The van der Waals surface area contributed by atoms with Crippen molar-refractivity contribution in [1.29, 1.82) is 0 Å². The molecule has 0 spiro atoms. The molecule has 1 aromatic carbocycles. The minimum absolute atomic E-state index is 0.591. The molecular weight excluding hydrogens is 176 g/mol. The van der Waals surface area contributed by atoms with Gasteiger partial charge in [-0.25, -0.2) is 0 Å². The van der Waals surface area contributed by atoms with Crippen molar-refractivity contribution < 1.29 is 13.5 Å². The maximum Gasteiger partial charge on any atom is 0.347 e. The van der Waals surface area contributed by atoms with Crippen LogP contribution >= 0.6 is 0 Å². The molecule has 1 aliphatic rings. The Hall–Kier alpha value is -1.00. The molecule has 0 amide bonds. The first-order valence-corrected chi connectivity index (χ1v) is 4.02. The monoisotopic (exact) mass is 185 g/mol. The molecule has 0 fully saturated rings. The first-order chi connectivity index (χ1) is 6.27. The van der Waals surface area contributed by atoms with Crippen LogP contribution in [-0.4, -0.2) is 6.61 Å². The number of alkyl halides is 2. The highest BCUT2D eigenvalue weighted by atomic mass is 19.3. The molecule has 2 nitrogen and oxygen atoms in total. The lowest BCUT2D eigenvalue weighted by molar-refractivity contribution is -0.171. The van der Waals surface area contributed by atoms with Gasteiger partial charge in [-0.1, -0.05) is 24.3 Å². The van der Waals surface area contributed by atoms with Crippen LogP contribution in [-0.2, 0) is 11.3 Å². The fourth-order valence-electron chi connectivity index (χ4n) is 1.49. The Kier molecular flexibility index (Phi) is 2.24. The van der Waals surface area contributed by atoms with E-state index < -0.39 is 12.8 Å². The maximum absolute atomic E-state index is 11.9. The molecule has 1 heterocycles. The van der Waals surface area contributed by atoms with E-state index in [2.05, 4.69) is 10.1 Å². The first kappa shape index (κ1) is 8.59. The molecule has 0 radical (unpaired) electrons. The summed E-state index contributed by atoms with van der Waals surface area (Å²) in [6.07, 6.45) is -0.656. The summed E-state index contributed by atoms with van der Waals surface area (Å²) in [7, 11) is 0. The van der Waals surface area contributed by atoms with Gasteiger partial charge in [0, 0.05) is 12.1 Å². The molecule has 4 heteroatoms. The number of ether oxygens (including phenoxy) is 1. The predicted octanol–water partition coefficient (Wildman–Crippen LogP) is 2.03. The van der Waals surface area contributed by atoms with Gasteiger partial charge in [0.05, 0.1) is 0 Å². The van der Waals surface area contributed by atoms with Gasteiger partial charge in [-0.2, -0.15) is 8.78 Å². The molecule has 1 N–H and O–H groups in total. The zero-order chi connectivity index (χ0) is 9.26. The zero-order valence-electron chi connectivity index (χ0n) is 6.84. The van der Waals surface area contributed by atoms with E-state index in [9.17, 15) is 8.78 Å². The van der Waals surface area contributed by atoms with Gasteiger partial charge in [0.15, 0.2) is 0 Å². The number of fused-ring (bicyclic) bond motifs is 1. The molecule has 0 saturated heterocycles. The molecule has 1 unspecified atom stereocenters. The minimum atomic E-state index is -2.73. The summed E-state index contributed by atoms with van der Waals surface area (Å²) in [5, 5.41) is 2.85. The smallest absolute Gasteiger partial charge is 0.300 e. The number of halogens is 2. The van der Waals surface area contributed by atoms with Gasteiger partial charge in [-0.15, -0.1) is 0 Å². The highest BCUT2D eigenvalue weighted by Crippen LogP contribution is 2.26. The number of nitrogens with one attached hydrogen (secondary N) is 1. The van der Waals surface area contributed by atoms with Gasteiger partial charge in [0.25, 0.3) is 0 Å². The van der Waals surface area contributed by atoms with Gasteiger partial charge in [0.1, 0.15) is 6.23 Å². The Balaban J connectivity index is 2.18. The van der Waals surface area contributed by atoms with Crippen LogP contribution in [0, 0.1) is 0 Å². The zero-order valence-corrected chi connectivity index (χ0v) is 6.84. The van der Waals surface area contributed by atoms with E-state index in [0.717, 1.165) is 11.1 Å². The van der Waals surface area contributed by atoms with Crippen molar-refractivity contribution in [3.05, 3.63) is 35.4 Å². The van der Waals surface area contributed by atoms with Crippen LogP contribution in [0.4, 0.5) is 8.78 Å². The van der Waals surface area contributed by atoms with Gasteiger partial charge in [0.2, 0.25) is 0 Å². The number of benzene rings is 1. The lowest BCUT2D eigenvalue weighted by Gasteiger charge is -2.11. The predicted molar refractivity (Wildman–Crippen MR) is 43.1 cm³/mol. The van der Waals surface area contributed by atoms with Crippen LogP contribution < -0.4 is 5.32 Å². The van der Waals surface area contributed by atoms with E-state index in [1.54, 1.807) is 6.07 Å². The molecule has 0 aliphatic carbocycles. The van der Waals surface area contributed by atoms with Crippen LogP contribution in [0.5, 0.6) is 0 Å². The lowest BCUT2D eigenvalue weighted by atomic mass is 10.1. The fourth-order valence-corrected chi connectivity index (χ4v) is 1.49. The van der Waals surface area contributed by atoms with Gasteiger partial charge >= 0.3 is 6.61 Å². The molecule has 70 valence electrons. The van der Waals surface area contributed by atoms with Gasteiger partial charge in [-0.05, 0) is 5.56 Å². The average molecular weight is 185 g/mol. The topological polar surface area (TPSA) is 21.3 Å². The normalized spacial score (nSPS) is 20.7. The first-order valence-electron chi connectivity index (χ1n) is 4.02. The standard InChI is InChI=1S/C9H9F2NO/c10-9(11)13-8-7-4-2-1-3-6(7)5-12-8/h1-4,8-9,12H,5H2. The number of rotatable bonds is 2. The largest absolute Gasteiger partial charge is 0.347 e. The molecule has 0 bridgehead atoms. The van der Waals surface area contributed by atoms with E-state index in [4.69, 9.17) is 0 Å². The second kappa shape index (κ2) is 3.40. The third kappa shape index (κ3) is 1.68. The Morgan fingerprint density at radius 3 is 2.92 bits per heavy atom. The van der Waals surface area contributed by atoms with Crippen molar-refractivity contribution >= 4 is 0 Å². The highest BCUT2D eigenvalue weighted by molar-refractivity contribution is 5.32. The summed E-state index contributed by atoms with van der Waals surface area (Å²) >= 11 is 0. The third-order valence-electron chi connectivity index (χ3n) is 2.05. The highest BCUT2D eigenvalue weighted by Gasteiger charge is 2.24. The lowest BCUT2D eigenvalue weighted by Crippen LogP contribution is -2.18. The van der Waals surface area contributed by atoms with Crippen molar-refractivity contribution in [1.82, 2.24) is 5.32 Å². The van der Waals surface area contributed by atoms with Crippen molar-refractivity contribution in [3.8, 4) is 0 Å². The average Bonchev–Trinajstić information content (AvgIpc) is 2.48. The summed E-state index contributed by atoms with van der Waals surface area (Å²) in [5.41, 5.74) is 1.83. The molecule has 1 aliphatic heterocycles. The van der Waals surface area contributed by atoms with Crippen molar-refractivity contribution in [2.75, 3.05) is 0 Å². The summed E-state index contributed by atoms with van der Waals surface area (Å²) in [6.45, 7) is -2.14. The molecule has 0 aromatic heterocycles. The molecule has 1 atom stereocenters. The summed E-state index contributed by atoms with van der Waals surface area (Å²) in [6, 6.07) is 7.39. The third-order valence-corrected chi connectivity index (χ3v) is 2.05. The van der Waals surface area contributed by atoms with Crippen molar-refractivity contribution in [2.45, 2.75) is 19.4 Å². The molecule has 0 saturated carbocycles. The second-order valence-corrected chi connectivity index (χ2v) is 2.86. The van der Waals surface area contributed by atoms with Gasteiger partial charge < -0.3 is 0 Å². The molecule has 13 heavy (non-hydrogen) atoms. The summed E-state index contributed by atoms with van der Waals surface area (Å²) in [4.78, 5) is 0. The van der Waals surface area contributed by atoms with Crippen LogP contribution in [0.3, 0.4) is 0 Å². The van der Waals surface area contributed by atoms with Crippen LogP contribution in [0.1, 0.15) is 17.4 Å². The molecular formula is C9H9F2NO. The van der Waals surface area contributed by atoms with E-state index >= 15 is 0 Å². The Bertz CT molecular complexity index is 303. The van der Waals surface area contributed by atoms with E-state index in [0.29, 0.717) is 6.54 Å². The maximum atomic E-state index is 11.9. The SMILES string of the molecule is FC(F)OC1NCc2ccccc21. The van der Waals surface area contributed by atoms with Gasteiger partial charge in [-0.3, -0.25) is 10.1 Å². The summed E-state index contributed by atoms with van der Waals surface area (Å²) < 4.78 is 28.2. The van der Waals surface area contributed by atoms with Crippen molar-refractivity contribution in [2.24, 2.45) is 0 Å². The Morgan fingerprint density at radius 2 is 2.15 bits per heavy atom. The van der Waals surface area contributed by atoms with E-state index in [1.165, 1.54) is 0 Å². The fraction of sp³-hybridized carbons (Fsp3) is 0.333. The molecule has 1 aromatic rings. The van der Waals surface area contributed by atoms with Crippen LogP contribution in [0.15, 0.2) is 24.3 Å². The Labute approximate surface area is 74.5 Å². The van der Waals surface area contributed by atoms with Crippen LogP contribution in [0.25, 0.3) is 0 Å². The second-order valence-electron chi connectivity index (χ2n) is 2.86. The number of hydrogen-bond acceptors (Lipinski definition) is 2. The molecule has 2 rings (SSSR count). The quantitative estimate of drug-likeness (QED) is 0.761. The summed E-state index contributed by atoms with van der Waals surface area (Å²) in [5.74, 6) is 0. The minimum Gasteiger partial charge on any atom is -0.300 e. The van der Waals surface area contributed by atoms with E-state index in [-0.39, 0.29) is 0 Å². The van der Waals surface area contributed by atoms with E-state index in [1.807, 2.05) is 18.2 Å². The van der Waals surface area contributed by atoms with Crippen LogP contribution in [0.2, 0.25) is 0 Å².